The molecule has 48 heavy (non-hydrogen) atoms. The van der Waals surface area contributed by atoms with Crippen LogP contribution in [0.5, 0.6) is 0 Å². The molecule has 4 aliphatic rings. The van der Waals surface area contributed by atoms with Crippen molar-refractivity contribution in [2.45, 2.75) is 136 Å². The first kappa shape index (κ1) is 31.8. The molecule has 3 heterocycles. The quantitative estimate of drug-likeness (QED) is 0.169. The topological polar surface area (TPSA) is 6.48 Å². The highest BCUT2D eigenvalue weighted by Crippen LogP contribution is 2.62. The van der Waals surface area contributed by atoms with E-state index in [9.17, 15) is 0 Å². The van der Waals surface area contributed by atoms with E-state index in [2.05, 4.69) is 160 Å². The molecule has 4 aromatic rings. The van der Waals surface area contributed by atoms with Crippen LogP contribution in [0.15, 0.2) is 66.7 Å². The van der Waals surface area contributed by atoms with Crippen molar-refractivity contribution >= 4 is 51.5 Å². The van der Waals surface area contributed by atoms with Crippen LogP contribution in [0.25, 0.3) is 0 Å². The van der Waals surface area contributed by atoms with Crippen LogP contribution >= 0.6 is 0 Å². The Hall–Kier alpha value is -3.46. The maximum atomic E-state index is 2.88. The molecule has 1 aliphatic carbocycles. The second kappa shape index (κ2) is 9.83. The van der Waals surface area contributed by atoms with E-state index in [-0.39, 0.29) is 33.9 Å². The molecule has 3 aliphatic heterocycles. The zero-order valence-corrected chi connectivity index (χ0v) is 31.7. The number of benzene rings is 4. The van der Waals surface area contributed by atoms with E-state index in [0.29, 0.717) is 0 Å². The predicted molar refractivity (Wildman–Crippen MR) is 209 cm³/mol. The summed E-state index contributed by atoms with van der Waals surface area (Å²) in [5.41, 5.74) is 18.8. The molecular weight excluding hydrogens is 579 g/mol. The smallest absolute Gasteiger partial charge is 0.252 e. The van der Waals surface area contributed by atoms with Gasteiger partial charge in [0.1, 0.15) is 0 Å². The summed E-state index contributed by atoms with van der Waals surface area (Å²) < 4.78 is 0. The second-order valence-corrected chi connectivity index (χ2v) is 19.2. The average molecular weight is 635 g/mol. The monoisotopic (exact) mass is 634 g/mol. The third kappa shape index (κ3) is 4.24. The normalized spacial score (nSPS) is 22.7. The molecular formula is C45H55BN2. The molecule has 3 heteroatoms. The highest BCUT2D eigenvalue weighted by molar-refractivity contribution is 7.00. The minimum Gasteiger partial charge on any atom is -0.335 e. The van der Waals surface area contributed by atoms with Gasteiger partial charge in [0, 0.05) is 33.9 Å². The number of hydrogen-bond acceptors (Lipinski definition) is 2. The molecule has 8 rings (SSSR count). The van der Waals surface area contributed by atoms with Crippen molar-refractivity contribution in [3.05, 3.63) is 94.5 Å². The van der Waals surface area contributed by atoms with E-state index in [4.69, 9.17) is 0 Å². The van der Waals surface area contributed by atoms with Crippen molar-refractivity contribution in [3.63, 3.8) is 0 Å². The summed E-state index contributed by atoms with van der Waals surface area (Å²) in [6, 6.07) is 27.1. The summed E-state index contributed by atoms with van der Waals surface area (Å²) in [5, 5.41) is 0. The van der Waals surface area contributed by atoms with Gasteiger partial charge in [-0.3, -0.25) is 0 Å². The fourth-order valence-electron chi connectivity index (χ4n) is 9.78. The first-order valence-electron chi connectivity index (χ1n) is 18.5. The van der Waals surface area contributed by atoms with Gasteiger partial charge in [0.2, 0.25) is 0 Å². The van der Waals surface area contributed by atoms with Crippen molar-refractivity contribution in [1.82, 2.24) is 0 Å². The molecule has 4 aromatic carbocycles. The van der Waals surface area contributed by atoms with Crippen molar-refractivity contribution in [1.29, 1.82) is 0 Å². The first-order chi connectivity index (χ1) is 22.3. The molecule has 0 saturated heterocycles. The summed E-state index contributed by atoms with van der Waals surface area (Å²) in [6.45, 7) is 28.9. The van der Waals surface area contributed by atoms with Gasteiger partial charge in [0.15, 0.2) is 0 Å². The maximum absolute atomic E-state index is 2.88. The van der Waals surface area contributed by atoms with Gasteiger partial charge in [-0.15, -0.1) is 0 Å². The summed E-state index contributed by atoms with van der Waals surface area (Å²) in [6.07, 6.45) is 5.07. The SMILES string of the molecule is Cc1cc2c3c(c1)C1(C)CCCCC1(C)N3c1cc(C(C)(C)C)cc3c1B2c1cc(C(C)(C)C)ccc1N3c1ccc(C(C)(C)C)cc1. The van der Waals surface area contributed by atoms with E-state index in [1.54, 1.807) is 5.56 Å². The van der Waals surface area contributed by atoms with E-state index < -0.39 is 0 Å². The van der Waals surface area contributed by atoms with Crippen LogP contribution in [0.2, 0.25) is 0 Å². The standard InChI is InChI=1S/C45H55BN2/c1-28-23-33-40-35(24-28)46-34-25-30(42(5,6)7)17-20-36(34)47(32-18-15-29(16-19-32)41(2,3)4)37-26-31(43(8,9)10)27-38(39(37)46)48(40)45(12)22-14-13-21-44(33,45)11/h15-20,23-27H,13-14,21-22H2,1-12H3. The molecule has 2 atom stereocenters. The Morgan fingerprint density at radius 3 is 1.85 bits per heavy atom. The molecule has 2 unspecified atom stereocenters. The number of nitrogens with zero attached hydrogens (tertiary/aromatic N) is 2. The summed E-state index contributed by atoms with van der Waals surface area (Å²) >= 11 is 0. The van der Waals surface area contributed by atoms with Crippen molar-refractivity contribution in [2.24, 2.45) is 0 Å². The van der Waals surface area contributed by atoms with E-state index in [1.165, 1.54) is 92.8 Å². The van der Waals surface area contributed by atoms with Crippen LogP contribution < -0.4 is 26.2 Å². The van der Waals surface area contributed by atoms with Crippen LogP contribution in [-0.4, -0.2) is 12.3 Å². The van der Waals surface area contributed by atoms with Crippen LogP contribution in [0, 0.1) is 6.92 Å². The van der Waals surface area contributed by atoms with Crippen LogP contribution in [-0.2, 0) is 21.7 Å². The Morgan fingerprint density at radius 1 is 0.604 bits per heavy atom. The van der Waals surface area contributed by atoms with Crippen molar-refractivity contribution in [3.8, 4) is 0 Å². The number of rotatable bonds is 1. The van der Waals surface area contributed by atoms with Crippen molar-refractivity contribution in [2.75, 3.05) is 9.80 Å². The minimum atomic E-state index is 0.00599. The first-order valence-corrected chi connectivity index (χ1v) is 18.5. The van der Waals surface area contributed by atoms with Gasteiger partial charge in [-0.05, 0) is 112 Å². The largest absolute Gasteiger partial charge is 0.335 e. The minimum absolute atomic E-state index is 0.00599. The van der Waals surface area contributed by atoms with Gasteiger partial charge in [-0.2, -0.15) is 0 Å². The lowest BCUT2D eigenvalue weighted by Crippen LogP contribution is -2.64. The van der Waals surface area contributed by atoms with E-state index >= 15 is 0 Å². The third-order valence-electron chi connectivity index (χ3n) is 12.9. The van der Waals surface area contributed by atoms with Gasteiger partial charge >= 0.3 is 0 Å². The Bertz CT molecular complexity index is 1980. The average Bonchev–Trinajstić information content (AvgIpc) is 3.21. The van der Waals surface area contributed by atoms with Crippen molar-refractivity contribution < 1.29 is 0 Å². The van der Waals surface area contributed by atoms with E-state index in [0.717, 1.165) is 0 Å². The fourth-order valence-corrected chi connectivity index (χ4v) is 9.78. The summed E-state index contributed by atoms with van der Waals surface area (Å²) in [5.74, 6) is 0. The third-order valence-corrected chi connectivity index (χ3v) is 12.9. The maximum Gasteiger partial charge on any atom is 0.252 e. The predicted octanol–water partition coefficient (Wildman–Crippen LogP) is 10.2. The van der Waals surface area contributed by atoms with Gasteiger partial charge < -0.3 is 9.80 Å². The molecule has 0 radical (unpaired) electrons. The molecule has 0 aromatic heterocycles. The number of hydrogen-bond donors (Lipinski definition) is 0. The Kier molecular flexibility index (Phi) is 6.51. The molecule has 1 saturated carbocycles. The fraction of sp³-hybridized carbons (Fsp3) is 0.467. The van der Waals surface area contributed by atoms with Gasteiger partial charge in [-0.25, -0.2) is 0 Å². The van der Waals surface area contributed by atoms with Crippen LogP contribution in [0.1, 0.15) is 130 Å². The molecule has 0 amide bonds. The lowest BCUT2D eigenvalue weighted by molar-refractivity contribution is 0.195. The van der Waals surface area contributed by atoms with Gasteiger partial charge in [0.05, 0.1) is 5.54 Å². The summed E-state index contributed by atoms with van der Waals surface area (Å²) in [4.78, 5) is 5.49. The molecule has 248 valence electrons. The van der Waals surface area contributed by atoms with Crippen LogP contribution in [0.3, 0.4) is 0 Å². The van der Waals surface area contributed by atoms with Crippen LogP contribution in [0.4, 0.5) is 28.4 Å². The second-order valence-electron chi connectivity index (χ2n) is 19.2. The number of fused-ring (bicyclic) bond motifs is 7. The molecule has 0 N–H and O–H groups in total. The lowest BCUT2D eigenvalue weighted by Gasteiger charge is -2.53. The van der Waals surface area contributed by atoms with Gasteiger partial charge in [0.25, 0.3) is 6.71 Å². The zero-order valence-electron chi connectivity index (χ0n) is 31.7. The number of aryl methyl sites for hydroxylation is 1. The molecule has 2 nitrogen and oxygen atoms in total. The Labute approximate surface area is 291 Å². The number of anilines is 5. The van der Waals surface area contributed by atoms with E-state index in [1.807, 2.05) is 0 Å². The Morgan fingerprint density at radius 2 is 1.21 bits per heavy atom. The Balaban J connectivity index is 1.51. The highest BCUT2D eigenvalue weighted by atomic mass is 15.3. The molecule has 0 spiro atoms. The molecule has 1 fully saturated rings. The lowest BCUT2D eigenvalue weighted by atomic mass is 9.33. The highest BCUT2D eigenvalue weighted by Gasteiger charge is 2.61. The summed E-state index contributed by atoms with van der Waals surface area (Å²) in [7, 11) is 0. The van der Waals surface area contributed by atoms with Gasteiger partial charge in [-0.1, -0.05) is 124 Å². The molecule has 0 bridgehead atoms. The zero-order chi connectivity index (χ0) is 34.3.